The lowest BCUT2D eigenvalue weighted by Crippen LogP contribution is -2.45. The number of carbonyl (C=O) groups is 1. The standard InChI is InChI=1S/C19H21N5O3/c1-12(25)17-10-20-23-24(17)11-13-7-15(8-13)21-19(26)18-9-16(22-27-18)14-5-3-2-4-6-14/h2-6,9-10,12-13,15,25H,7-8,11H2,1H3,(H,21,26)/t12-,13-,15-/m1/s1. The van der Waals surface area contributed by atoms with Crippen molar-refractivity contribution in [1.82, 2.24) is 25.5 Å². The van der Waals surface area contributed by atoms with Gasteiger partial charge in [0.1, 0.15) is 5.69 Å². The minimum absolute atomic E-state index is 0.103. The molecule has 1 aliphatic carbocycles. The number of benzene rings is 1. The monoisotopic (exact) mass is 367 g/mol. The highest BCUT2D eigenvalue weighted by molar-refractivity contribution is 5.92. The molecule has 2 heterocycles. The molecule has 0 bridgehead atoms. The van der Waals surface area contributed by atoms with Crippen LogP contribution in [-0.4, -0.2) is 37.2 Å². The molecule has 2 aromatic heterocycles. The third kappa shape index (κ3) is 3.75. The van der Waals surface area contributed by atoms with Crippen LogP contribution in [0.3, 0.4) is 0 Å². The Balaban J connectivity index is 1.29. The molecular formula is C19H21N5O3. The van der Waals surface area contributed by atoms with Gasteiger partial charge < -0.3 is 14.9 Å². The van der Waals surface area contributed by atoms with Gasteiger partial charge in [-0.25, -0.2) is 4.68 Å². The molecule has 1 aliphatic rings. The number of amides is 1. The Morgan fingerprint density at radius 1 is 1.37 bits per heavy atom. The van der Waals surface area contributed by atoms with Crippen molar-refractivity contribution in [2.24, 2.45) is 5.92 Å². The SMILES string of the molecule is C[C@@H](O)c1cnnn1C[C@H]1C[C@H](NC(=O)c2cc(-c3ccccc3)no2)C1. The molecule has 1 aromatic carbocycles. The van der Waals surface area contributed by atoms with E-state index in [4.69, 9.17) is 4.52 Å². The average molecular weight is 367 g/mol. The van der Waals surface area contributed by atoms with Gasteiger partial charge in [0.2, 0.25) is 5.76 Å². The molecule has 0 saturated heterocycles. The first kappa shape index (κ1) is 17.4. The number of nitrogens with one attached hydrogen (secondary N) is 1. The first-order valence-corrected chi connectivity index (χ1v) is 8.99. The zero-order valence-corrected chi connectivity index (χ0v) is 14.9. The second kappa shape index (κ2) is 7.32. The lowest BCUT2D eigenvalue weighted by Gasteiger charge is -2.35. The number of aliphatic hydroxyl groups excluding tert-OH is 1. The van der Waals surface area contributed by atoms with E-state index in [9.17, 15) is 9.90 Å². The summed E-state index contributed by atoms with van der Waals surface area (Å²) < 4.78 is 6.92. The fourth-order valence-electron chi connectivity index (χ4n) is 3.36. The third-order valence-electron chi connectivity index (χ3n) is 4.88. The number of hydrogen-bond donors (Lipinski definition) is 2. The normalized spacial score (nSPS) is 20.1. The van der Waals surface area contributed by atoms with Gasteiger partial charge in [0.25, 0.3) is 5.91 Å². The lowest BCUT2D eigenvalue weighted by molar-refractivity contribution is 0.0839. The Morgan fingerprint density at radius 3 is 2.89 bits per heavy atom. The van der Waals surface area contributed by atoms with E-state index in [0.29, 0.717) is 23.9 Å². The average Bonchev–Trinajstić information content (AvgIpc) is 3.30. The minimum Gasteiger partial charge on any atom is -0.387 e. The van der Waals surface area contributed by atoms with E-state index in [-0.39, 0.29) is 17.7 Å². The predicted octanol–water partition coefficient (Wildman–Crippen LogP) is 2.20. The molecule has 1 fully saturated rings. The van der Waals surface area contributed by atoms with Gasteiger partial charge in [-0.05, 0) is 25.7 Å². The van der Waals surface area contributed by atoms with E-state index in [1.807, 2.05) is 30.3 Å². The van der Waals surface area contributed by atoms with E-state index in [0.717, 1.165) is 18.4 Å². The zero-order chi connectivity index (χ0) is 18.8. The van der Waals surface area contributed by atoms with E-state index >= 15 is 0 Å². The molecular weight excluding hydrogens is 346 g/mol. The topological polar surface area (TPSA) is 106 Å². The second-order valence-corrected chi connectivity index (χ2v) is 6.97. The third-order valence-corrected chi connectivity index (χ3v) is 4.88. The summed E-state index contributed by atoms with van der Waals surface area (Å²) in [6.07, 6.45) is 2.69. The molecule has 3 aromatic rings. The predicted molar refractivity (Wildman–Crippen MR) is 96.6 cm³/mol. The lowest BCUT2D eigenvalue weighted by atomic mass is 9.80. The number of carbonyl (C=O) groups excluding carboxylic acids is 1. The van der Waals surface area contributed by atoms with Crippen LogP contribution in [0.4, 0.5) is 0 Å². The number of nitrogens with zero attached hydrogens (tertiary/aromatic N) is 4. The molecule has 1 atom stereocenters. The van der Waals surface area contributed by atoms with Gasteiger partial charge in [-0.1, -0.05) is 40.7 Å². The van der Waals surface area contributed by atoms with Crippen LogP contribution in [0.15, 0.2) is 47.1 Å². The van der Waals surface area contributed by atoms with Crippen LogP contribution >= 0.6 is 0 Å². The molecule has 140 valence electrons. The van der Waals surface area contributed by atoms with Crippen molar-refractivity contribution in [1.29, 1.82) is 0 Å². The molecule has 1 amide bonds. The Labute approximate surface area is 156 Å². The van der Waals surface area contributed by atoms with Crippen LogP contribution in [0.5, 0.6) is 0 Å². The van der Waals surface area contributed by atoms with Gasteiger partial charge in [0, 0.05) is 24.2 Å². The van der Waals surface area contributed by atoms with Gasteiger partial charge in [0.15, 0.2) is 0 Å². The Morgan fingerprint density at radius 2 is 2.15 bits per heavy atom. The number of aliphatic hydroxyl groups is 1. The summed E-state index contributed by atoms with van der Waals surface area (Å²) in [5.74, 6) is 0.354. The quantitative estimate of drug-likeness (QED) is 0.692. The number of hydrogen-bond acceptors (Lipinski definition) is 6. The maximum atomic E-state index is 12.4. The summed E-state index contributed by atoms with van der Waals surface area (Å²) >= 11 is 0. The zero-order valence-electron chi connectivity index (χ0n) is 14.9. The summed E-state index contributed by atoms with van der Waals surface area (Å²) in [7, 11) is 0. The van der Waals surface area contributed by atoms with Crippen molar-refractivity contribution in [2.75, 3.05) is 0 Å². The van der Waals surface area contributed by atoms with Gasteiger partial charge in [-0.2, -0.15) is 0 Å². The van der Waals surface area contributed by atoms with Gasteiger partial charge in [0.05, 0.1) is 18.0 Å². The fourth-order valence-corrected chi connectivity index (χ4v) is 3.36. The van der Waals surface area contributed by atoms with Crippen LogP contribution in [0, 0.1) is 5.92 Å². The first-order chi connectivity index (χ1) is 13.1. The fraction of sp³-hybridized carbons (Fsp3) is 0.368. The molecule has 8 nitrogen and oxygen atoms in total. The van der Waals surface area contributed by atoms with Crippen molar-refractivity contribution in [2.45, 2.75) is 38.5 Å². The Kier molecular flexibility index (Phi) is 4.72. The summed E-state index contributed by atoms with van der Waals surface area (Å²) in [6.45, 7) is 2.38. The van der Waals surface area contributed by atoms with E-state index in [2.05, 4.69) is 20.8 Å². The van der Waals surface area contributed by atoms with Crippen LogP contribution in [0.1, 0.15) is 42.1 Å². The van der Waals surface area contributed by atoms with Crippen molar-refractivity contribution in [3.8, 4) is 11.3 Å². The van der Waals surface area contributed by atoms with Gasteiger partial charge in [-0.15, -0.1) is 5.10 Å². The molecule has 27 heavy (non-hydrogen) atoms. The number of rotatable bonds is 6. The van der Waals surface area contributed by atoms with Gasteiger partial charge in [-0.3, -0.25) is 4.79 Å². The molecule has 0 spiro atoms. The molecule has 1 saturated carbocycles. The van der Waals surface area contributed by atoms with Crippen LogP contribution in [0.25, 0.3) is 11.3 Å². The Hall–Kier alpha value is -3.00. The molecule has 2 N–H and O–H groups in total. The summed E-state index contributed by atoms with van der Waals surface area (Å²) in [6, 6.07) is 11.3. The van der Waals surface area contributed by atoms with E-state index in [1.165, 1.54) is 0 Å². The summed E-state index contributed by atoms with van der Waals surface area (Å²) in [4.78, 5) is 12.4. The van der Waals surface area contributed by atoms with Crippen LogP contribution in [-0.2, 0) is 6.54 Å². The second-order valence-electron chi connectivity index (χ2n) is 6.97. The van der Waals surface area contributed by atoms with Crippen molar-refractivity contribution in [3.05, 3.63) is 54.0 Å². The molecule has 0 aliphatic heterocycles. The Bertz CT molecular complexity index is 912. The van der Waals surface area contributed by atoms with Crippen molar-refractivity contribution < 1.29 is 14.4 Å². The first-order valence-electron chi connectivity index (χ1n) is 8.99. The minimum atomic E-state index is -0.596. The summed E-state index contributed by atoms with van der Waals surface area (Å²) in [5, 5.41) is 24.5. The molecule has 4 rings (SSSR count). The van der Waals surface area contributed by atoms with E-state index in [1.54, 1.807) is 23.9 Å². The highest BCUT2D eigenvalue weighted by Crippen LogP contribution is 2.30. The number of aromatic nitrogens is 4. The molecule has 0 unspecified atom stereocenters. The highest BCUT2D eigenvalue weighted by Gasteiger charge is 2.32. The largest absolute Gasteiger partial charge is 0.387 e. The van der Waals surface area contributed by atoms with Crippen molar-refractivity contribution >= 4 is 5.91 Å². The highest BCUT2D eigenvalue weighted by atomic mass is 16.5. The molecule has 8 heteroatoms. The van der Waals surface area contributed by atoms with Crippen LogP contribution in [0.2, 0.25) is 0 Å². The van der Waals surface area contributed by atoms with Crippen LogP contribution < -0.4 is 5.32 Å². The maximum absolute atomic E-state index is 12.4. The van der Waals surface area contributed by atoms with Crippen molar-refractivity contribution in [3.63, 3.8) is 0 Å². The summed E-state index contributed by atoms with van der Waals surface area (Å²) in [5.41, 5.74) is 2.26. The smallest absolute Gasteiger partial charge is 0.290 e. The van der Waals surface area contributed by atoms with Gasteiger partial charge >= 0.3 is 0 Å². The molecule has 0 radical (unpaired) electrons. The maximum Gasteiger partial charge on any atom is 0.290 e. The van der Waals surface area contributed by atoms with E-state index < -0.39 is 6.10 Å².